The average Bonchev–Trinajstić information content (AvgIpc) is 3.08. The van der Waals surface area contributed by atoms with Crippen LogP contribution in [0.3, 0.4) is 0 Å². The van der Waals surface area contributed by atoms with Crippen molar-refractivity contribution in [1.82, 2.24) is 24.7 Å². The van der Waals surface area contributed by atoms with Crippen LogP contribution >= 0.6 is 0 Å². The summed E-state index contributed by atoms with van der Waals surface area (Å²) in [7, 11) is -3.72. The molecule has 0 aliphatic carbocycles. The fourth-order valence-electron chi connectivity index (χ4n) is 3.33. The number of benzene rings is 1. The van der Waals surface area contributed by atoms with Crippen molar-refractivity contribution in [2.75, 3.05) is 32.7 Å². The average molecular weight is 377 g/mol. The highest BCUT2D eigenvalue weighted by atomic mass is 32.2. The van der Waals surface area contributed by atoms with Crippen molar-refractivity contribution < 1.29 is 17.7 Å². The van der Waals surface area contributed by atoms with Crippen LogP contribution in [0, 0.1) is 6.92 Å². The van der Waals surface area contributed by atoms with Crippen molar-refractivity contribution in [3.63, 3.8) is 0 Å². The van der Waals surface area contributed by atoms with E-state index >= 15 is 0 Å². The van der Waals surface area contributed by atoms with Gasteiger partial charge < -0.3 is 9.84 Å². The summed E-state index contributed by atoms with van der Waals surface area (Å²) in [4.78, 5) is 18.4. The van der Waals surface area contributed by atoms with Gasteiger partial charge in [-0.2, -0.15) is 9.29 Å². The highest BCUT2D eigenvalue weighted by molar-refractivity contribution is 7.89. The Morgan fingerprint density at radius 3 is 2.88 bits per heavy atom. The van der Waals surface area contributed by atoms with E-state index in [1.807, 2.05) is 4.90 Å². The Hall–Kier alpha value is -2.30. The van der Waals surface area contributed by atoms with Crippen LogP contribution in [0.25, 0.3) is 11.4 Å². The van der Waals surface area contributed by atoms with Gasteiger partial charge in [0.1, 0.15) is 6.04 Å². The normalized spacial score (nSPS) is 22.0. The lowest BCUT2D eigenvalue weighted by molar-refractivity contribution is -0.130. The Labute approximate surface area is 151 Å². The highest BCUT2D eigenvalue weighted by Crippen LogP contribution is 2.25. The summed E-state index contributed by atoms with van der Waals surface area (Å²) >= 11 is 0. The van der Waals surface area contributed by atoms with Crippen molar-refractivity contribution in [3.05, 3.63) is 30.2 Å². The quantitative estimate of drug-likeness (QED) is 0.792. The number of carbonyl (C=O) groups excluding carboxylic acids is 1. The largest absolute Gasteiger partial charge is 0.353 e. The van der Waals surface area contributed by atoms with Crippen LogP contribution in [-0.4, -0.2) is 72.4 Å². The molecule has 10 heteroatoms. The molecule has 9 nitrogen and oxygen atoms in total. The molecular formula is C16H19N5O4S. The molecule has 1 amide bonds. The number of hydrogen-bond donors (Lipinski definition) is 1. The Morgan fingerprint density at radius 1 is 1.27 bits per heavy atom. The van der Waals surface area contributed by atoms with Gasteiger partial charge >= 0.3 is 0 Å². The van der Waals surface area contributed by atoms with Crippen molar-refractivity contribution in [2.24, 2.45) is 0 Å². The summed E-state index contributed by atoms with van der Waals surface area (Å²) in [6.45, 7) is 4.08. The summed E-state index contributed by atoms with van der Waals surface area (Å²) in [5.74, 6) is 0.635. The van der Waals surface area contributed by atoms with Crippen LogP contribution in [0.15, 0.2) is 33.7 Å². The molecule has 138 valence electrons. The van der Waals surface area contributed by atoms with Crippen LogP contribution in [0.1, 0.15) is 5.89 Å². The Balaban J connectivity index is 1.61. The second kappa shape index (κ2) is 6.45. The fourth-order valence-corrected chi connectivity index (χ4v) is 4.82. The molecule has 4 rings (SSSR count). The third-order valence-electron chi connectivity index (χ3n) is 4.71. The van der Waals surface area contributed by atoms with Crippen molar-refractivity contribution in [1.29, 1.82) is 0 Å². The molecule has 2 aliphatic heterocycles. The number of hydrogen-bond acceptors (Lipinski definition) is 7. The number of nitrogens with one attached hydrogen (secondary N) is 1. The molecule has 1 aromatic carbocycles. The molecule has 2 fully saturated rings. The molecule has 2 aromatic rings. The molecule has 1 aromatic heterocycles. The van der Waals surface area contributed by atoms with E-state index < -0.39 is 16.1 Å². The zero-order valence-electron chi connectivity index (χ0n) is 14.3. The Kier molecular flexibility index (Phi) is 4.25. The summed E-state index contributed by atoms with van der Waals surface area (Å²) in [6.07, 6.45) is 0. The van der Waals surface area contributed by atoms with E-state index in [-0.39, 0.29) is 17.3 Å². The number of nitrogens with zero attached hydrogens (tertiary/aromatic N) is 4. The van der Waals surface area contributed by atoms with Gasteiger partial charge in [-0.05, 0) is 12.1 Å². The fraction of sp³-hybridized carbons (Fsp3) is 0.438. The SMILES string of the molecule is Cc1nc(-c2cccc(S(=O)(=O)N3CCN4CCNC(=O)[C@@H]4C3)c2)no1. The maximum Gasteiger partial charge on any atom is 0.243 e. The summed E-state index contributed by atoms with van der Waals surface area (Å²) in [5, 5.41) is 6.63. The molecule has 0 spiro atoms. The van der Waals surface area contributed by atoms with E-state index in [9.17, 15) is 13.2 Å². The number of aryl methyl sites for hydroxylation is 1. The van der Waals surface area contributed by atoms with E-state index in [4.69, 9.17) is 4.52 Å². The van der Waals surface area contributed by atoms with Gasteiger partial charge in [0.25, 0.3) is 0 Å². The predicted molar refractivity (Wildman–Crippen MR) is 91.6 cm³/mol. The Morgan fingerprint density at radius 2 is 2.12 bits per heavy atom. The minimum Gasteiger partial charge on any atom is -0.353 e. The van der Waals surface area contributed by atoms with E-state index in [0.717, 1.165) is 6.54 Å². The summed E-state index contributed by atoms with van der Waals surface area (Å²) in [5.41, 5.74) is 0.567. The van der Waals surface area contributed by atoms with Crippen molar-refractivity contribution >= 4 is 15.9 Å². The monoisotopic (exact) mass is 377 g/mol. The standard InChI is InChI=1S/C16H19N5O4S/c1-11-18-15(19-25-11)12-3-2-4-13(9-12)26(23,24)21-8-7-20-6-5-17-16(22)14(20)10-21/h2-4,9,14H,5-8,10H2,1H3,(H,17,22)/t14-/m0/s1. The molecule has 0 unspecified atom stereocenters. The highest BCUT2D eigenvalue weighted by Gasteiger charge is 2.39. The van der Waals surface area contributed by atoms with Crippen LogP contribution < -0.4 is 5.32 Å². The molecular weight excluding hydrogens is 358 g/mol. The van der Waals surface area contributed by atoms with Gasteiger partial charge in [-0.15, -0.1) is 0 Å². The van der Waals surface area contributed by atoms with Gasteiger partial charge in [-0.3, -0.25) is 9.69 Å². The molecule has 3 heterocycles. The van der Waals surface area contributed by atoms with Gasteiger partial charge in [-0.1, -0.05) is 17.3 Å². The molecule has 0 radical (unpaired) electrons. The number of sulfonamides is 1. The van der Waals surface area contributed by atoms with E-state index in [1.54, 1.807) is 25.1 Å². The minimum atomic E-state index is -3.72. The first kappa shape index (κ1) is 17.1. The number of aromatic nitrogens is 2. The van der Waals surface area contributed by atoms with Gasteiger partial charge in [0.05, 0.1) is 4.90 Å². The number of carbonyl (C=O) groups is 1. The molecule has 0 bridgehead atoms. The van der Waals surface area contributed by atoms with Crippen LogP contribution in [0.4, 0.5) is 0 Å². The van der Waals surface area contributed by atoms with Crippen LogP contribution in [0.2, 0.25) is 0 Å². The summed E-state index contributed by atoms with van der Waals surface area (Å²) in [6, 6.07) is 6.02. The van der Waals surface area contributed by atoms with Crippen molar-refractivity contribution in [2.45, 2.75) is 17.9 Å². The number of fused-ring (bicyclic) bond motifs is 1. The number of rotatable bonds is 3. The lowest BCUT2D eigenvalue weighted by atomic mass is 10.1. The summed E-state index contributed by atoms with van der Waals surface area (Å²) < 4.78 is 32.5. The smallest absolute Gasteiger partial charge is 0.243 e. The third-order valence-corrected chi connectivity index (χ3v) is 6.57. The third kappa shape index (κ3) is 3.00. The van der Waals surface area contributed by atoms with E-state index in [0.29, 0.717) is 36.9 Å². The lowest BCUT2D eigenvalue weighted by Crippen LogP contribution is -2.64. The molecule has 2 saturated heterocycles. The molecule has 1 N–H and O–H groups in total. The number of piperazine rings is 2. The molecule has 1 atom stereocenters. The maximum absolute atomic E-state index is 13.1. The van der Waals surface area contributed by atoms with Gasteiger partial charge in [0, 0.05) is 45.2 Å². The van der Waals surface area contributed by atoms with Gasteiger partial charge in [0.2, 0.25) is 27.6 Å². The van der Waals surface area contributed by atoms with Gasteiger partial charge in [-0.25, -0.2) is 8.42 Å². The predicted octanol–water partition coefficient (Wildman–Crippen LogP) is -0.150. The second-order valence-electron chi connectivity index (χ2n) is 6.37. The Bertz CT molecular complexity index is 942. The maximum atomic E-state index is 13.1. The molecule has 26 heavy (non-hydrogen) atoms. The first-order valence-electron chi connectivity index (χ1n) is 8.38. The topological polar surface area (TPSA) is 109 Å². The second-order valence-corrected chi connectivity index (χ2v) is 8.31. The van der Waals surface area contributed by atoms with E-state index in [1.165, 1.54) is 10.4 Å². The number of amides is 1. The zero-order chi connectivity index (χ0) is 18.3. The minimum absolute atomic E-state index is 0.118. The van der Waals surface area contributed by atoms with Gasteiger partial charge in [0.15, 0.2) is 0 Å². The van der Waals surface area contributed by atoms with Crippen molar-refractivity contribution in [3.8, 4) is 11.4 Å². The zero-order valence-corrected chi connectivity index (χ0v) is 15.1. The molecule has 0 saturated carbocycles. The van der Waals surface area contributed by atoms with Crippen LogP contribution in [-0.2, 0) is 14.8 Å². The first-order valence-corrected chi connectivity index (χ1v) is 9.82. The lowest BCUT2D eigenvalue weighted by Gasteiger charge is -2.42. The molecule has 2 aliphatic rings. The first-order chi connectivity index (χ1) is 12.4. The van der Waals surface area contributed by atoms with E-state index in [2.05, 4.69) is 15.5 Å². The van der Waals surface area contributed by atoms with Crippen LogP contribution in [0.5, 0.6) is 0 Å².